The van der Waals surface area contributed by atoms with E-state index in [1.165, 1.54) is 6.21 Å². The number of hydrogen-bond donors (Lipinski definition) is 2. The van der Waals surface area contributed by atoms with Crippen LogP contribution in [0, 0.1) is 0 Å². The Hall–Kier alpha value is -3.14. The third-order valence-electron chi connectivity index (χ3n) is 5.81. The van der Waals surface area contributed by atoms with Crippen LogP contribution in [0.1, 0.15) is 26.4 Å². The molecule has 0 aliphatic carbocycles. The van der Waals surface area contributed by atoms with E-state index >= 15 is 0 Å². The van der Waals surface area contributed by atoms with Crippen LogP contribution in [0.25, 0.3) is 22.0 Å². The van der Waals surface area contributed by atoms with Gasteiger partial charge in [-0.25, -0.2) is 10.2 Å². The molecule has 0 radical (unpaired) electrons. The number of hydrogen-bond acceptors (Lipinski definition) is 4. The lowest BCUT2D eigenvalue weighted by atomic mass is 10.0. The quantitative estimate of drug-likeness (QED) is 0.0794. The van der Waals surface area contributed by atoms with E-state index in [0.717, 1.165) is 5.39 Å². The van der Waals surface area contributed by atoms with Gasteiger partial charge in [-0.1, -0.05) is 68.9 Å². The number of carbonyl (C=O) groups excluding carboxylic acids is 2. The fourth-order valence-corrected chi connectivity index (χ4v) is 5.88. The molecule has 0 aliphatic rings. The summed E-state index contributed by atoms with van der Waals surface area (Å²) in [5.74, 6) is -0.870. The minimum Gasteiger partial charge on any atom is -0.421 e. The standard InChI is InChI=1S/C29H16Br2Cl3N3O3/c30-17-11-16(27(22(31)12-17)40-29(39)15-5-7-18(32)8-6-15)14-35-37-28(38)26-25(20-3-1-2-4-23(20)34)21-13-19(33)9-10-24(21)36-26/h1-14,36H,(H,37,38). The van der Waals surface area contributed by atoms with E-state index in [1.807, 2.05) is 18.2 Å². The van der Waals surface area contributed by atoms with Crippen molar-refractivity contribution in [3.05, 3.63) is 120 Å². The first-order chi connectivity index (χ1) is 19.2. The van der Waals surface area contributed by atoms with Crippen molar-refractivity contribution in [1.82, 2.24) is 10.4 Å². The van der Waals surface area contributed by atoms with E-state index in [-0.39, 0.29) is 11.4 Å². The molecule has 1 heterocycles. The van der Waals surface area contributed by atoms with Crippen LogP contribution in [0.4, 0.5) is 0 Å². The number of carbonyl (C=O) groups is 2. The molecule has 200 valence electrons. The Kier molecular flexibility index (Phi) is 8.63. The maximum atomic E-state index is 13.4. The summed E-state index contributed by atoms with van der Waals surface area (Å²) in [6, 6.07) is 22.3. The molecule has 0 saturated heterocycles. The van der Waals surface area contributed by atoms with Crippen LogP contribution in [0.2, 0.25) is 15.1 Å². The molecule has 0 aliphatic heterocycles. The summed E-state index contributed by atoms with van der Waals surface area (Å²) in [4.78, 5) is 29.3. The van der Waals surface area contributed by atoms with Gasteiger partial charge in [0.05, 0.1) is 16.3 Å². The monoisotopic (exact) mass is 717 g/mol. The average molecular weight is 721 g/mol. The van der Waals surface area contributed by atoms with Gasteiger partial charge in [0.15, 0.2) is 5.75 Å². The van der Waals surface area contributed by atoms with Crippen LogP contribution in [0.5, 0.6) is 5.75 Å². The summed E-state index contributed by atoms with van der Waals surface area (Å²) in [6.07, 6.45) is 1.38. The van der Waals surface area contributed by atoms with Crippen molar-refractivity contribution < 1.29 is 14.3 Å². The van der Waals surface area contributed by atoms with Gasteiger partial charge >= 0.3 is 5.97 Å². The molecule has 5 aromatic rings. The smallest absolute Gasteiger partial charge is 0.343 e. The average Bonchev–Trinajstić information content (AvgIpc) is 3.29. The van der Waals surface area contributed by atoms with Crippen LogP contribution in [-0.4, -0.2) is 23.1 Å². The SMILES string of the molecule is O=C(Oc1c(Br)cc(Br)cc1C=NNC(=O)c1[nH]c2ccc(Cl)cc2c1-c1ccccc1Cl)c1ccc(Cl)cc1. The fourth-order valence-electron chi connectivity index (χ4n) is 4.02. The zero-order valence-electron chi connectivity index (χ0n) is 20.1. The minimum atomic E-state index is -0.584. The van der Waals surface area contributed by atoms with Gasteiger partial charge in [-0.05, 0) is 76.6 Å². The highest BCUT2D eigenvalue weighted by Gasteiger charge is 2.21. The zero-order valence-corrected chi connectivity index (χ0v) is 25.6. The van der Waals surface area contributed by atoms with Gasteiger partial charge in [-0.2, -0.15) is 5.10 Å². The van der Waals surface area contributed by atoms with E-state index < -0.39 is 11.9 Å². The first-order valence-electron chi connectivity index (χ1n) is 11.6. The summed E-state index contributed by atoms with van der Waals surface area (Å²) >= 11 is 25.5. The van der Waals surface area contributed by atoms with Crippen LogP contribution < -0.4 is 10.2 Å². The number of nitrogens with zero attached hydrogens (tertiary/aromatic N) is 1. The van der Waals surface area contributed by atoms with Crippen LogP contribution >= 0.6 is 66.7 Å². The van der Waals surface area contributed by atoms with E-state index in [0.29, 0.717) is 51.8 Å². The number of aromatic amines is 1. The zero-order chi connectivity index (χ0) is 28.4. The number of ether oxygens (including phenoxy) is 1. The van der Waals surface area contributed by atoms with E-state index in [4.69, 9.17) is 39.5 Å². The van der Waals surface area contributed by atoms with Crippen LogP contribution in [0.15, 0.2) is 92.9 Å². The van der Waals surface area contributed by atoms with Gasteiger partial charge in [0.2, 0.25) is 0 Å². The Labute approximate surface area is 260 Å². The van der Waals surface area contributed by atoms with Gasteiger partial charge in [-0.3, -0.25) is 4.79 Å². The van der Waals surface area contributed by atoms with E-state index in [2.05, 4.69) is 47.4 Å². The van der Waals surface area contributed by atoms with E-state index in [9.17, 15) is 9.59 Å². The number of esters is 1. The van der Waals surface area contributed by atoms with Crippen molar-refractivity contribution in [2.45, 2.75) is 0 Å². The fraction of sp³-hybridized carbons (Fsp3) is 0. The van der Waals surface area contributed by atoms with Gasteiger partial charge in [-0.15, -0.1) is 0 Å². The number of halogens is 5. The molecule has 0 bridgehead atoms. The number of hydrazone groups is 1. The number of benzene rings is 4. The van der Waals surface area contributed by atoms with Crippen molar-refractivity contribution in [2.24, 2.45) is 5.10 Å². The summed E-state index contributed by atoms with van der Waals surface area (Å²) in [6.45, 7) is 0. The van der Waals surface area contributed by atoms with Crippen molar-refractivity contribution in [1.29, 1.82) is 0 Å². The van der Waals surface area contributed by atoms with Crippen LogP contribution in [-0.2, 0) is 0 Å². The number of aromatic nitrogens is 1. The molecule has 6 nitrogen and oxygen atoms in total. The molecular formula is C29H16Br2Cl3N3O3. The highest BCUT2D eigenvalue weighted by molar-refractivity contribution is 9.11. The highest BCUT2D eigenvalue weighted by Crippen LogP contribution is 2.38. The lowest BCUT2D eigenvalue weighted by Gasteiger charge is -2.11. The summed E-state index contributed by atoms with van der Waals surface area (Å²) < 4.78 is 6.86. The summed E-state index contributed by atoms with van der Waals surface area (Å²) in [5, 5.41) is 6.38. The van der Waals surface area contributed by atoms with E-state index in [1.54, 1.807) is 60.7 Å². The molecule has 11 heteroatoms. The Bertz CT molecular complexity index is 1800. The number of nitrogens with one attached hydrogen (secondary N) is 2. The molecule has 4 aromatic carbocycles. The molecule has 1 aromatic heterocycles. The molecule has 0 spiro atoms. The Balaban J connectivity index is 1.45. The Morgan fingerprint density at radius 3 is 2.38 bits per heavy atom. The van der Waals surface area contributed by atoms with Crippen molar-refractivity contribution in [3.8, 4) is 16.9 Å². The first-order valence-corrected chi connectivity index (χ1v) is 14.3. The summed E-state index contributed by atoms with van der Waals surface area (Å²) in [7, 11) is 0. The van der Waals surface area contributed by atoms with Gasteiger partial charge < -0.3 is 9.72 Å². The molecule has 0 saturated carbocycles. The largest absolute Gasteiger partial charge is 0.421 e. The molecule has 0 atom stereocenters. The third kappa shape index (κ3) is 6.11. The lowest BCUT2D eigenvalue weighted by Crippen LogP contribution is -2.19. The number of amides is 1. The lowest BCUT2D eigenvalue weighted by molar-refractivity contribution is 0.0733. The molecule has 2 N–H and O–H groups in total. The van der Waals surface area contributed by atoms with Gasteiger partial charge in [0.25, 0.3) is 5.91 Å². The predicted molar refractivity (Wildman–Crippen MR) is 167 cm³/mol. The van der Waals surface area contributed by atoms with Gasteiger partial charge in [0, 0.05) is 47.1 Å². The second-order valence-corrected chi connectivity index (χ2v) is 11.5. The first kappa shape index (κ1) is 28.4. The Morgan fingerprint density at radius 2 is 1.62 bits per heavy atom. The molecular weight excluding hydrogens is 705 g/mol. The number of rotatable bonds is 6. The molecule has 5 rings (SSSR count). The second kappa shape index (κ2) is 12.2. The number of H-pyrrole nitrogens is 1. The Morgan fingerprint density at radius 1 is 0.900 bits per heavy atom. The topological polar surface area (TPSA) is 83.5 Å². The summed E-state index contributed by atoms with van der Waals surface area (Å²) in [5.41, 5.74) is 5.53. The maximum Gasteiger partial charge on any atom is 0.343 e. The van der Waals surface area contributed by atoms with Crippen molar-refractivity contribution in [2.75, 3.05) is 0 Å². The molecule has 0 fully saturated rings. The molecule has 0 unspecified atom stereocenters. The highest BCUT2D eigenvalue weighted by atomic mass is 79.9. The molecule has 40 heavy (non-hydrogen) atoms. The second-order valence-electron chi connectivity index (χ2n) is 8.45. The van der Waals surface area contributed by atoms with Crippen molar-refractivity contribution in [3.63, 3.8) is 0 Å². The minimum absolute atomic E-state index is 0.221. The number of fused-ring (bicyclic) bond motifs is 1. The van der Waals surface area contributed by atoms with Crippen molar-refractivity contribution >= 4 is 95.7 Å². The maximum absolute atomic E-state index is 13.4. The predicted octanol–water partition coefficient (Wildman–Crippen LogP) is 9.30. The van der Waals surface area contributed by atoms with Gasteiger partial charge in [0.1, 0.15) is 5.69 Å². The normalized spacial score (nSPS) is 11.2. The van der Waals surface area contributed by atoms with Crippen LogP contribution in [0.3, 0.4) is 0 Å². The third-order valence-corrected chi connectivity index (χ3v) is 7.68. The molecule has 1 amide bonds.